The molecule has 1 saturated carbocycles. The summed E-state index contributed by atoms with van der Waals surface area (Å²) in [5, 5.41) is 11.7. The number of nitrogens with one attached hydrogen (secondary N) is 2. The van der Waals surface area contributed by atoms with Gasteiger partial charge in [-0.15, -0.1) is 0 Å². The lowest BCUT2D eigenvalue weighted by molar-refractivity contribution is 1.10. The molecule has 20 heavy (non-hydrogen) atoms. The number of allylic oxidation sites excluding steroid dienone is 1. The number of rotatable bonds is 4. The van der Waals surface area contributed by atoms with E-state index in [0.29, 0.717) is 16.8 Å². The standard InChI is InChI=1S/C15H15ClN4/c1-18-8-11(15(17)9-2-3-9)10-6-13-12(19-7-10)4-5-14(16)20-13/h4-9,17-18H,2-3H2,1H3/b11-8-,17-15?. The molecule has 0 amide bonds. The molecule has 2 aromatic heterocycles. The summed E-state index contributed by atoms with van der Waals surface area (Å²) in [6, 6.07) is 5.52. The van der Waals surface area contributed by atoms with Crippen molar-refractivity contribution in [3.63, 3.8) is 0 Å². The molecule has 0 radical (unpaired) electrons. The fraction of sp³-hybridized carbons (Fsp3) is 0.267. The average Bonchev–Trinajstić information content (AvgIpc) is 3.28. The second kappa shape index (κ2) is 5.21. The SMILES string of the molecule is CN/C=C(\C(=N)C1CC1)c1cnc2ccc(Cl)nc2c1. The van der Waals surface area contributed by atoms with Crippen LogP contribution >= 0.6 is 11.6 Å². The lowest BCUT2D eigenvalue weighted by Crippen LogP contribution is -2.07. The molecule has 3 rings (SSSR count). The Kier molecular flexibility index (Phi) is 3.40. The Bertz CT molecular complexity index is 704. The highest BCUT2D eigenvalue weighted by Crippen LogP contribution is 2.35. The molecule has 1 aliphatic rings. The summed E-state index contributed by atoms with van der Waals surface area (Å²) < 4.78 is 0. The van der Waals surface area contributed by atoms with Gasteiger partial charge in [0.05, 0.1) is 11.0 Å². The molecule has 2 N–H and O–H groups in total. The van der Waals surface area contributed by atoms with Crippen LogP contribution in [-0.2, 0) is 0 Å². The van der Waals surface area contributed by atoms with Crippen LogP contribution in [0.5, 0.6) is 0 Å². The average molecular weight is 287 g/mol. The maximum Gasteiger partial charge on any atom is 0.129 e. The van der Waals surface area contributed by atoms with Gasteiger partial charge in [0.25, 0.3) is 0 Å². The molecule has 0 spiro atoms. The number of hydrogen-bond donors (Lipinski definition) is 2. The van der Waals surface area contributed by atoms with Crippen LogP contribution in [0.2, 0.25) is 5.15 Å². The van der Waals surface area contributed by atoms with E-state index < -0.39 is 0 Å². The molecule has 0 aromatic carbocycles. The van der Waals surface area contributed by atoms with Crippen molar-refractivity contribution in [2.75, 3.05) is 7.05 Å². The maximum absolute atomic E-state index is 8.27. The minimum absolute atomic E-state index is 0.387. The van der Waals surface area contributed by atoms with Crippen molar-refractivity contribution in [2.45, 2.75) is 12.8 Å². The molecule has 0 atom stereocenters. The highest BCUT2D eigenvalue weighted by Gasteiger charge is 2.29. The number of halogens is 1. The van der Waals surface area contributed by atoms with E-state index in [1.165, 1.54) is 0 Å². The van der Waals surface area contributed by atoms with Crippen LogP contribution in [0, 0.1) is 11.3 Å². The van der Waals surface area contributed by atoms with Gasteiger partial charge < -0.3 is 10.7 Å². The molecule has 0 aliphatic heterocycles. The van der Waals surface area contributed by atoms with Crippen molar-refractivity contribution in [3.05, 3.63) is 41.3 Å². The lowest BCUT2D eigenvalue weighted by atomic mass is 10.00. The van der Waals surface area contributed by atoms with E-state index >= 15 is 0 Å². The monoisotopic (exact) mass is 286 g/mol. The predicted molar refractivity (Wildman–Crippen MR) is 82.0 cm³/mol. The van der Waals surface area contributed by atoms with E-state index in [0.717, 1.165) is 35.0 Å². The fourth-order valence-corrected chi connectivity index (χ4v) is 2.34. The van der Waals surface area contributed by atoms with Crippen molar-refractivity contribution in [3.8, 4) is 0 Å². The Morgan fingerprint density at radius 2 is 2.20 bits per heavy atom. The van der Waals surface area contributed by atoms with Crippen LogP contribution in [0.4, 0.5) is 0 Å². The van der Waals surface area contributed by atoms with Crippen molar-refractivity contribution in [1.29, 1.82) is 5.41 Å². The Morgan fingerprint density at radius 3 is 2.90 bits per heavy atom. The molecular weight excluding hydrogens is 272 g/mol. The first-order chi connectivity index (χ1) is 9.69. The Balaban J connectivity index is 2.06. The second-order valence-electron chi connectivity index (χ2n) is 4.93. The predicted octanol–water partition coefficient (Wildman–Crippen LogP) is 3.27. The van der Waals surface area contributed by atoms with Gasteiger partial charge in [0.1, 0.15) is 5.15 Å². The summed E-state index contributed by atoms with van der Waals surface area (Å²) in [6.07, 6.45) is 5.85. The Labute approximate surface area is 122 Å². The second-order valence-corrected chi connectivity index (χ2v) is 5.32. The van der Waals surface area contributed by atoms with Crippen molar-refractivity contribution >= 4 is 33.9 Å². The van der Waals surface area contributed by atoms with E-state index in [1.807, 2.05) is 25.4 Å². The van der Waals surface area contributed by atoms with Crippen molar-refractivity contribution in [1.82, 2.24) is 15.3 Å². The fourth-order valence-electron chi connectivity index (χ4n) is 2.18. The molecule has 1 aliphatic carbocycles. The molecule has 1 fully saturated rings. The van der Waals surface area contributed by atoms with E-state index in [1.54, 1.807) is 12.3 Å². The number of pyridine rings is 2. The maximum atomic E-state index is 8.27. The zero-order valence-electron chi connectivity index (χ0n) is 11.2. The summed E-state index contributed by atoms with van der Waals surface area (Å²) >= 11 is 5.93. The van der Waals surface area contributed by atoms with Crippen LogP contribution in [0.25, 0.3) is 16.6 Å². The van der Waals surface area contributed by atoms with Crippen molar-refractivity contribution in [2.24, 2.45) is 5.92 Å². The van der Waals surface area contributed by atoms with E-state index in [9.17, 15) is 0 Å². The van der Waals surface area contributed by atoms with Crippen LogP contribution < -0.4 is 5.32 Å². The molecule has 2 aromatic rings. The van der Waals surface area contributed by atoms with E-state index in [4.69, 9.17) is 17.0 Å². The Hall–Kier alpha value is -1.94. The lowest BCUT2D eigenvalue weighted by Gasteiger charge is -2.09. The van der Waals surface area contributed by atoms with E-state index in [-0.39, 0.29) is 0 Å². The van der Waals surface area contributed by atoms with Crippen LogP contribution in [0.15, 0.2) is 30.6 Å². The third-order valence-corrected chi connectivity index (χ3v) is 3.59. The van der Waals surface area contributed by atoms with Crippen LogP contribution in [-0.4, -0.2) is 22.7 Å². The largest absolute Gasteiger partial charge is 0.393 e. The van der Waals surface area contributed by atoms with Gasteiger partial charge in [-0.3, -0.25) is 4.98 Å². The third-order valence-electron chi connectivity index (χ3n) is 3.38. The summed E-state index contributed by atoms with van der Waals surface area (Å²) in [7, 11) is 1.84. The first-order valence-electron chi connectivity index (χ1n) is 6.58. The van der Waals surface area contributed by atoms with Gasteiger partial charge >= 0.3 is 0 Å². The Morgan fingerprint density at radius 1 is 1.40 bits per heavy atom. The number of hydrogen-bond acceptors (Lipinski definition) is 4. The quantitative estimate of drug-likeness (QED) is 0.670. The van der Waals surface area contributed by atoms with Gasteiger partial charge in [-0.2, -0.15) is 0 Å². The molecule has 5 heteroatoms. The van der Waals surface area contributed by atoms with Gasteiger partial charge in [0, 0.05) is 42.2 Å². The highest BCUT2D eigenvalue weighted by atomic mass is 35.5. The first-order valence-corrected chi connectivity index (χ1v) is 6.96. The van der Waals surface area contributed by atoms with Gasteiger partial charge in [-0.1, -0.05) is 11.6 Å². The van der Waals surface area contributed by atoms with Crippen LogP contribution in [0.1, 0.15) is 18.4 Å². The van der Waals surface area contributed by atoms with Gasteiger partial charge in [0.2, 0.25) is 0 Å². The minimum Gasteiger partial charge on any atom is -0.393 e. The molecule has 0 unspecified atom stereocenters. The minimum atomic E-state index is 0.387. The molecule has 0 saturated heterocycles. The number of nitrogens with zero attached hydrogens (tertiary/aromatic N) is 2. The molecule has 4 nitrogen and oxygen atoms in total. The normalized spacial score (nSPS) is 15.4. The molecule has 0 bridgehead atoms. The van der Waals surface area contributed by atoms with Gasteiger partial charge in [0.15, 0.2) is 0 Å². The summed E-state index contributed by atoms with van der Waals surface area (Å²) in [5.74, 6) is 0.387. The van der Waals surface area contributed by atoms with Gasteiger partial charge in [-0.25, -0.2) is 4.98 Å². The zero-order valence-corrected chi connectivity index (χ0v) is 11.9. The molecule has 102 valence electrons. The van der Waals surface area contributed by atoms with Crippen molar-refractivity contribution < 1.29 is 0 Å². The molecular formula is C15H15ClN4. The summed E-state index contributed by atoms with van der Waals surface area (Å²) in [6.45, 7) is 0. The smallest absolute Gasteiger partial charge is 0.129 e. The number of fused-ring (bicyclic) bond motifs is 1. The van der Waals surface area contributed by atoms with Gasteiger partial charge in [-0.05, 0) is 31.0 Å². The van der Waals surface area contributed by atoms with E-state index in [2.05, 4.69) is 15.3 Å². The molecule has 2 heterocycles. The first kappa shape index (κ1) is 13.1. The highest BCUT2D eigenvalue weighted by molar-refractivity contribution is 6.29. The topological polar surface area (TPSA) is 61.7 Å². The van der Waals surface area contributed by atoms with Crippen LogP contribution in [0.3, 0.4) is 0 Å². The zero-order chi connectivity index (χ0) is 14.1. The summed E-state index contributed by atoms with van der Waals surface area (Å²) in [5.41, 5.74) is 4.01. The third kappa shape index (κ3) is 2.51. The summed E-state index contributed by atoms with van der Waals surface area (Å²) in [4.78, 5) is 8.68. The number of aromatic nitrogens is 2.